The van der Waals surface area contributed by atoms with Gasteiger partial charge in [-0.2, -0.15) is 0 Å². The molecular formula is C11H25NO2. The molecule has 3 nitrogen and oxygen atoms in total. The fourth-order valence-electron chi connectivity index (χ4n) is 1.09. The van der Waals surface area contributed by atoms with Crippen LogP contribution in [0.5, 0.6) is 0 Å². The molecule has 2 atom stereocenters. The van der Waals surface area contributed by atoms with Gasteiger partial charge in [-0.15, -0.1) is 0 Å². The van der Waals surface area contributed by atoms with Crippen LogP contribution in [-0.4, -0.2) is 30.5 Å². The van der Waals surface area contributed by atoms with E-state index in [1.807, 2.05) is 6.92 Å². The Morgan fingerprint density at radius 1 is 1.36 bits per heavy atom. The van der Waals surface area contributed by atoms with E-state index < -0.39 is 0 Å². The maximum Gasteiger partial charge on any atom is 0.0955 e. The zero-order valence-corrected chi connectivity index (χ0v) is 9.92. The monoisotopic (exact) mass is 203 g/mol. The predicted molar refractivity (Wildman–Crippen MR) is 59.2 cm³/mol. The van der Waals surface area contributed by atoms with Crippen molar-refractivity contribution in [1.29, 1.82) is 0 Å². The number of nitrogens with two attached hydrogens (primary N) is 1. The van der Waals surface area contributed by atoms with Gasteiger partial charge in [0.2, 0.25) is 0 Å². The van der Waals surface area contributed by atoms with Crippen LogP contribution < -0.4 is 5.73 Å². The minimum atomic E-state index is -0.206. The van der Waals surface area contributed by atoms with Crippen LogP contribution >= 0.6 is 0 Å². The summed E-state index contributed by atoms with van der Waals surface area (Å²) in [5.74, 6) is 0. The molecule has 0 rings (SSSR count). The second-order valence-corrected chi connectivity index (χ2v) is 4.97. The van der Waals surface area contributed by atoms with Gasteiger partial charge in [-0.1, -0.05) is 27.7 Å². The van der Waals surface area contributed by atoms with Crippen LogP contribution in [0.25, 0.3) is 0 Å². The Hall–Kier alpha value is -0.120. The Balaban J connectivity index is 3.74. The number of hydrogen-bond acceptors (Lipinski definition) is 3. The van der Waals surface area contributed by atoms with Crippen LogP contribution in [0.4, 0.5) is 0 Å². The highest BCUT2D eigenvalue weighted by Gasteiger charge is 2.17. The van der Waals surface area contributed by atoms with Crippen molar-refractivity contribution in [3.8, 4) is 0 Å². The summed E-state index contributed by atoms with van der Waals surface area (Å²) in [6.07, 6.45) is 1.61. The molecular weight excluding hydrogens is 178 g/mol. The zero-order chi connectivity index (χ0) is 11.2. The van der Waals surface area contributed by atoms with Crippen LogP contribution in [0, 0.1) is 5.41 Å². The van der Waals surface area contributed by atoms with Crippen molar-refractivity contribution in [3.63, 3.8) is 0 Å². The van der Waals surface area contributed by atoms with Gasteiger partial charge in [-0.05, 0) is 18.3 Å². The maximum atomic E-state index is 9.05. The second-order valence-electron chi connectivity index (χ2n) is 4.97. The van der Waals surface area contributed by atoms with Gasteiger partial charge in [-0.3, -0.25) is 0 Å². The van der Waals surface area contributed by atoms with E-state index in [1.54, 1.807) is 0 Å². The minimum Gasteiger partial charge on any atom is -0.394 e. The lowest BCUT2D eigenvalue weighted by Crippen LogP contribution is -2.39. The highest BCUT2D eigenvalue weighted by atomic mass is 16.5. The Kier molecular flexibility index (Phi) is 6.33. The molecule has 0 fully saturated rings. The molecule has 0 radical (unpaired) electrons. The predicted octanol–water partition coefficient (Wildman–Crippen LogP) is 1.54. The molecule has 86 valence electrons. The Morgan fingerprint density at radius 2 is 1.93 bits per heavy atom. The molecule has 0 aromatic heterocycles. The van der Waals surface area contributed by atoms with Crippen molar-refractivity contribution in [2.45, 2.75) is 52.7 Å². The second kappa shape index (κ2) is 6.38. The van der Waals surface area contributed by atoms with Crippen LogP contribution in [0.2, 0.25) is 0 Å². The van der Waals surface area contributed by atoms with E-state index in [9.17, 15) is 0 Å². The summed E-state index contributed by atoms with van der Waals surface area (Å²) >= 11 is 0. The number of aliphatic hydroxyl groups excluding tert-OH is 1. The van der Waals surface area contributed by atoms with Gasteiger partial charge >= 0.3 is 0 Å². The molecule has 14 heavy (non-hydrogen) atoms. The van der Waals surface area contributed by atoms with Gasteiger partial charge in [-0.25, -0.2) is 0 Å². The van der Waals surface area contributed by atoms with Crippen molar-refractivity contribution in [2.75, 3.05) is 13.2 Å². The van der Waals surface area contributed by atoms with E-state index in [2.05, 4.69) is 20.8 Å². The lowest BCUT2D eigenvalue weighted by atomic mass is 9.93. The van der Waals surface area contributed by atoms with E-state index in [4.69, 9.17) is 15.6 Å². The lowest BCUT2D eigenvalue weighted by molar-refractivity contribution is -0.0122. The molecule has 3 heteroatoms. The SMILES string of the molecule is CCC(N)C(CO)OCCC(C)(C)C. The maximum absolute atomic E-state index is 9.05. The Morgan fingerprint density at radius 3 is 2.29 bits per heavy atom. The largest absolute Gasteiger partial charge is 0.394 e. The van der Waals surface area contributed by atoms with Gasteiger partial charge in [0.25, 0.3) is 0 Å². The molecule has 2 unspecified atom stereocenters. The summed E-state index contributed by atoms with van der Waals surface area (Å²) in [4.78, 5) is 0. The molecule has 0 aliphatic heterocycles. The average molecular weight is 203 g/mol. The molecule has 3 N–H and O–H groups in total. The topological polar surface area (TPSA) is 55.5 Å². The van der Waals surface area contributed by atoms with Crippen LogP contribution in [0.3, 0.4) is 0 Å². The quantitative estimate of drug-likeness (QED) is 0.688. The Labute approximate surface area is 87.6 Å². The third kappa shape index (κ3) is 6.35. The number of rotatable bonds is 6. The van der Waals surface area contributed by atoms with Gasteiger partial charge in [0.1, 0.15) is 0 Å². The fourth-order valence-corrected chi connectivity index (χ4v) is 1.09. The first kappa shape index (κ1) is 13.9. The lowest BCUT2D eigenvalue weighted by Gasteiger charge is -2.24. The van der Waals surface area contributed by atoms with E-state index >= 15 is 0 Å². The van der Waals surface area contributed by atoms with Crippen LogP contribution in [0.1, 0.15) is 40.5 Å². The summed E-state index contributed by atoms with van der Waals surface area (Å²) in [6.45, 7) is 9.19. The summed E-state index contributed by atoms with van der Waals surface area (Å²) < 4.78 is 5.54. The molecule has 0 bridgehead atoms. The standard InChI is InChI=1S/C11H25NO2/c1-5-9(12)10(8-13)14-7-6-11(2,3)4/h9-10,13H,5-8,12H2,1-4H3. The van der Waals surface area contributed by atoms with E-state index in [-0.39, 0.29) is 24.2 Å². The van der Waals surface area contributed by atoms with Gasteiger partial charge < -0.3 is 15.6 Å². The third-order valence-corrected chi connectivity index (χ3v) is 2.31. The molecule has 0 aliphatic carbocycles. The highest BCUT2D eigenvalue weighted by Crippen LogP contribution is 2.18. The average Bonchev–Trinajstić information content (AvgIpc) is 2.09. The Bertz CT molecular complexity index is 143. The minimum absolute atomic E-state index is 0.0130. The number of hydrogen-bond donors (Lipinski definition) is 2. The molecule has 0 aromatic rings. The number of ether oxygens (including phenoxy) is 1. The first-order valence-corrected chi connectivity index (χ1v) is 5.38. The third-order valence-electron chi connectivity index (χ3n) is 2.31. The van der Waals surface area contributed by atoms with Crippen molar-refractivity contribution in [3.05, 3.63) is 0 Å². The van der Waals surface area contributed by atoms with Crippen molar-refractivity contribution < 1.29 is 9.84 Å². The summed E-state index contributed by atoms with van der Waals surface area (Å²) in [6, 6.07) is -0.0556. The van der Waals surface area contributed by atoms with E-state index in [0.29, 0.717) is 6.61 Å². The van der Waals surface area contributed by atoms with Gasteiger partial charge in [0.05, 0.1) is 12.7 Å². The summed E-state index contributed by atoms with van der Waals surface area (Å²) in [5, 5.41) is 9.05. The molecule has 0 aromatic carbocycles. The first-order valence-electron chi connectivity index (χ1n) is 5.38. The molecule has 0 saturated heterocycles. The van der Waals surface area contributed by atoms with Crippen molar-refractivity contribution >= 4 is 0 Å². The molecule has 0 saturated carbocycles. The van der Waals surface area contributed by atoms with Crippen molar-refractivity contribution in [2.24, 2.45) is 11.1 Å². The van der Waals surface area contributed by atoms with E-state index in [0.717, 1.165) is 12.8 Å². The van der Waals surface area contributed by atoms with Crippen LogP contribution in [-0.2, 0) is 4.74 Å². The molecule has 0 aliphatic rings. The van der Waals surface area contributed by atoms with Crippen molar-refractivity contribution in [1.82, 2.24) is 0 Å². The van der Waals surface area contributed by atoms with E-state index in [1.165, 1.54) is 0 Å². The molecule has 0 amide bonds. The zero-order valence-electron chi connectivity index (χ0n) is 9.92. The van der Waals surface area contributed by atoms with Gasteiger partial charge in [0, 0.05) is 12.6 Å². The summed E-state index contributed by atoms with van der Waals surface area (Å²) in [7, 11) is 0. The normalized spacial score (nSPS) is 16.7. The van der Waals surface area contributed by atoms with Crippen LogP contribution in [0.15, 0.2) is 0 Å². The first-order chi connectivity index (χ1) is 6.40. The molecule has 0 heterocycles. The fraction of sp³-hybridized carbons (Fsp3) is 1.00. The smallest absolute Gasteiger partial charge is 0.0955 e. The number of aliphatic hydroxyl groups is 1. The molecule has 0 spiro atoms. The summed E-state index contributed by atoms with van der Waals surface area (Å²) in [5.41, 5.74) is 6.07. The highest BCUT2D eigenvalue weighted by molar-refractivity contribution is 4.71. The van der Waals surface area contributed by atoms with Gasteiger partial charge in [0.15, 0.2) is 0 Å².